The third-order valence-corrected chi connectivity index (χ3v) is 4.51. The highest BCUT2D eigenvalue weighted by molar-refractivity contribution is 6.08. The number of likely N-dealkylation sites (tertiary alicyclic amines) is 1. The maximum Gasteiger partial charge on any atom is 0.237 e. The molecule has 0 spiro atoms. The Hall–Kier alpha value is -2.76. The highest BCUT2D eigenvalue weighted by atomic mass is 19.2. The van der Waals surface area contributed by atoms with E-state index in [0.29, 0.717) is 6.54 Å². The second-order valence-electron chi connectivity index (χ2n) is 6.30. The zero-order valence-corrected chi connectivity index (χ0v) is 13.9. The van der Waals surface area contributed by atoms with Gasteiger partial charge in [-0.15, -0.1) is 0 Å². The van der Waals surface area contributed by atoms with Crippen LogP contribution in [0.1, 0.15) is 17.0 Å². The van der Waals surface area contributed by atoms with Crippen LogP contribution in [0.5, 0.6) is 0 Å². The summed E-state index contributed by atoms with van der Waals surface area (Å²) < 4.78 is 27.1. The fourth-order valence-electron chi connectivity index (χ4n) is 3.12. The lowest BCUT2D eigenvalue weighted by Gasteiger charge is -2.17. The van der Waals surface area contributed by atoms with Gasteiger partial charge >= 0.3 is 0 Å². The summed E-state index contributed by atoms with van der Waals surface area (Å²) in [6.45, 7) is 2.35. The van der Waals surface area contributed by atoms with Crippen LogP contribution in [0.15, 0.2) is 42.5 Å². The van der Waals surface area contributed by atoms with E-state index in [1.165, 1.54) is 17.0 Å². The fourth-order valence-corrected chi connectivity index (χ4v) is 3.12. The van der Waals surface area contributed by atoms with Crippen LogP contribution in [-0.4, -0.2) is 30.3 Å². The molecule has 1 aliphatic heterocycles. The van der Waals surface area contributed by atoms with Gasteiger partial charge in [0.1, 0.15) is 5.92 Å². The van der Waals surface area contributed by atoms with Crippen LogP contribution in [0.4, 0.5) is 14.5 Å². The summed E-state index contributed by atoms with van der Waals surface area (Å²) in [5.74, 6) is -4.47. The van der Waals surface area contributed by atoms with E-state index in [-0.39, 0.29) is 17.5 Å². The Morgan fingerprint density at radius 2 is 1.84 bits per heavy atom. The van der Waals surface area contributed by atoms with E-state index in [4.69, 9.17) is 0 Å². The number of benzene rings is 2. The molecule has 1 N–H and O–H groups in total. The van der Waals surface area contributed by atoms with Crippen molar-refractivity contribution in [2.75, 3.05) is 18.9 Å². The van der Waals surface area contributed by atoms with Crippen molar-refractivity contribution in [1.29, 1.82) is 0 Å². The van der Waals surface area contributed by atoms with Crippen LogP contribution in [0.25, 0.3) is 0 Å². The smallest absolute Gasteiger partial charge is 0.237 e. The van der Waals surface area contributed by atoms with Crippen LogP contribution >= 0.6 is 0 Å². The molecule has 0 radical (unpaired) electrons. The van der Waals surface area contributed by atoms with Crippen molar-refractivity contribution in [3.8, 4) is 0 Å². The largest absolute Gasteiger partial charge is 0.344 e. The molecule has 2 aromatic carbocycles. The molecule has 0 aliphatic carbocycles. The molecule has 2 aromatic rings. The van der Waals surface area contributed by atoms with Gasteiger partial charge in [-0.05, 0) is 24.6 Å². The minimum atomic E-state index is -1.14. The molecule has 3 rings (SSSR count). The molecule has 1 fully saturated rings. The van der Waals surface area contributed by atoms with Gasteiger partial charge in [-0.25, -0.2) is 8.78 Å². The van der Waals surface area contributed by atoms with E-state index < -0.39 is 23.5 Å². The molecule has 2 atom stereocenters. The Kier molecular flexibility index (Phi) is 4.53. The van der Waals surface area contributed by atoms with E-state index in [1.807, 2.05) is 31.2 Å². The second kappa shape index (κ2) is 6.63. The van der Waals surface area contributed by atoms with Crippen molar-refractivity contribution in [3.05, 3.63) is 65.2 Å². The van der Waals surface area contributed by atoms with Gasteiger partial charge < -0.3 is 10.2 Å². The zero-order valence-electron chi connectivity index (χ0n) is 13.9. The Bertz CT molecular complexity index is 821. The monoisotopic (exact) mass is 344 g/mol. The first-order chi connectivity index (χ1) is 11.9. The van der Waals surface area contributed by atoms with Gasteiger partial charge in [0.15, 0.2) is 11.6 Å². The van der Waals surface area contributed by atoms with E-state index in [1.54, 1.807) is 7.05 Å². The average molecular weight is 344 g/mol. The second-order valence-corrected chi connectivity index (χ2v) is 6.30. The quantitative estimate of drug-likeness (QED) is 0.870. The van der Waals surface area contributed by atoms with Gasteiger partial charge in [-0.3, -0.25) is 9.59 Å². The first-order valence-electron chi connectivity index (χ1n) is 7.95. The molecular formula is C19H18F2N2O2. The Morgan fingerprint density at radius 3 is 2.52 bits per heavy atom. The van der Waals surface area contributed by atoms with Crippen molar-refractivity contribution in [1.82, 2.24) is 4.90 Å². The third-order valence-electron chi connectivity index (χ3n) is 4.51. The highest BCUT2D eigenvalue weighted by Gasteiger charge is 2.44. The summed E-state index contributed by atoms with van der Waals surface area (Å²) in [4.78, 5) is 26.6. The third kappa shape index (κ3) is 3.24. The van der Waals surface area contributed by atoms with Gasteiger partial charge in [-0.1, -0.05) is 35.9 Å². The number of halogens is 2. The normalized spacial score (nSPS) is 20.0. The Balaban J connectivity index is 1.89. The van der Waals surface area contributed by atoms with Crippen molar-refractivity contribution >= 4 is 17.5 Å². The molecule has 4 nitrogen and oxygen atoms in total. The summed E-state index contributed by atoms with van der Waals surface area (Å²) in [6, 6.07) is 11.1. The summed E-state index contributed by atoms with van der Waals surface area (Å²) in [5.41, 5.74) is 1.67. The molecule has 0 saturated carbocycles. The number of hydrogen-bond donors (Lipinski definition) is 1. The van der Waals surface area contributed by atoms with Crippen molar-refractivity contribution in [2.45, 2.75) is 12.8 Å². The topological polar surface area (TPSA) is 49.4 Å². The molecule has 6 heteroatoms. The first kappa shape index (κ1) is 17.1. The summed E-state index contributed by atoms with van der Waals surface area (Å²) >= 11 is 0. The van der Waals surface area contributed by atoms with E-state index in [2.05, 4.69) is 5.32 Å². The predicted molar refractivity (Wildman–Crippen MR) is 90.0 cm³/mol. The lowest BCUT2D eigenvalue weighted by molar-refractivity contribution is -0.135. The van der Waals surface area contributed by atoms with E-state index >= 15 is 0 Å². The average Bonchev–Trinajstić information content (AvgIpc) is 2.88. The molecule has 25 heavy (non-hydrogen) atoms. The number of aryl methyl sites for hydroxylation is 1. The van der Waals surface area contributed by atoms with Gasteiger partial charge in [-0.2, -0.15) is 0 Å². The molecule has 1 aliphatic rings. The number of amides is 2. The Labute approximate surface area is 144 Å². The maximum atomic E-state index is 13.8. The van der Waals surface area contributed by atoms with Crippen LogP contribution in [0, 0.1) is 24.5 Å². The number of carbonyl (C=O) groups is 2. The van der Waals surface area contributed by atoms with Crippen molar-refractivity contribution in [3.63, 3.8) is 0 Å². The van der Waals surface area contributed by atoms with Crippen molar-refractivity contribution < 1.29 is 18.4 Å². The Morgan fingerprint density at radius 1 is 1.16 bits per heavy atom. The minimum absolute atomic E-state index is 0.269. The number of likely N-dealkylation sites (N-methyl/N-ethyl adjacent to an activating group) is 1. The molecule has 1 saturated heterocycles. The molecule has 130 valence electrons. The van der Waals surface area contributed by atoms with Crippen LogP contribution in [0.2, 0.25) is 0 Å². The highest BCUT2D eigenvalue weighted by Crippen LogP contribution is 2.34. The number of nitrogens with zero attached hydrogens (tertiary/aromatic N) is 1. The van der Waals surface area contributed by atoms with Gasteiger partial charge in [0, 0.05) is 19.5 Å². The predicted octanol–water partition coefficient (Wildman–Crippen LogP) is 3.08. The molecule has 0 aromatic heterocycles. The number of hydrogen-bond acceptors (Lipinski definition) is 2. The molecule has 2 amide bonds. The first-order valence-corrected chi connectivity index (χ1v) is 7.95. The van der Waals surface area contributed by atoms with Gasteiger partial charge in [0.25, 0.3) is 0 Å². The zero-order chi connectivity index (χ0) is 18.1. The number of rotatable bonds is 3. The van der Waals surface area contributed by atoms with Gasteiger partial charge in [0.2, 0.25) is 11.8 Å². The number of anilines is 1. The number of nitrogens with one attached hydrogen (secondary N) is 1. The molecule has 1 heterocycles. The number of carbonyl (C=O) groups excluding carboxylic acids is 2. The molecular weight excluding hydrogens is 326 g/mol. The lowest BCUT2D eigenvalue weighted by Crippen LogP contribution is -2.33. The van der Waals surface area contributed by atoms with E-state index in [9.17, 15) is 18.4 Å². The van der Waals surface area contributed by atoms with Gasteiger partial charge in [0.05, 0.1) is 5.69 Å². The molecule has 0 bridgehead atoms. The van der Waals surface area contributed by atoms with E-state index in [0.717, 1.165) is 17.2 Å². The fraction of sp³-hybridized carbons (Fsp3) is 0.263. The standard InChI is InChI=1S/C19H18F2N2O2/c1-11-6-8-12(9-7-11)13-10-23(2)19(25)16(13)18(24)22-15-5-3-4-14(20)17(15)21/h3-9,13,16H,10H2,1-2H3,(H,22,24). The maximum absolute atomic E-state index is 13.8. The SMILES string of the molecule is Cc1ccc(C2CN(C)C(=O)C2C(=O)Nc2cccc(F)c2F)cc1. The summed E-state index contributed by atoms with van der Waals surface area (Å²) in [5, 5.41) is 2.35. The molecule has 2 unspecified atom stereocenters. The summed E-state index contributed by atoms with van der Waals surface area (Å²) in [6.07, 6.45) is 0. The summed E-state index contributed by atoms with van der Waals surface area (Å²) in [7, 11) is 1.62. The van der Waals surface area contributed by atoms with Crippen molar-refractivity contribution in [2.24, 2.45) is 5.92 Å². The lowest BCUT2D eigenvalue weighted by atomic mass is 9.87. The van der Waals surface area contributed by atoms with Crippen LogP contribution < -0.4 is 5.32 Å². The minimum Gasteiger partial charge on any atom is -0.344 e. The van der Waals surface area contributed by atoms with Crippen LogP contribution in [-0.2, 0) is 9.59 Å². The van der Waals surface area contributed by atoms with Crippen LogP contribution in [0.3, 0.4) is 0 Å².